The van der Waals surface area contributed by atoms with E-state index in [1.807, 2.05) is 6.92 Å². The van der Waals surface area contributed by atoms with E-state index in [0.717, 1.165) is 19.3 Å². The Kier molecular flexibility index (Phi) is 2.88. The van der Waals surface area contributed by atoms with Crippen LogP contribution in [0.2, 0.25) is 0 Å². The predicted octanol–water partition coefficient (Wildman–Crippen LogP) is 2.81. The van der Waals surface area contributed by atoms with E-state index in [9.17, 15) is 9.59 Å². The fourth-order valence-electron chi connectivity index (χ4n) is 4.16. The molecule has 3 heteroatoms. The number of methoxy groups -OCH3 is 1. The van der Waals surface area contributed by atoms with Crippen LogP contribution < -0.4 is 0 Å². The summed E-state index contributed by atoms with van der Waals surface area (Å²) in [6.45, 7) is 1.98. The van der Waals surface area contributed by atoms with E-state index in [2.05, 4.69) is 6.08 Å². The van der Waals surface area contributed by atoms with E-state index in [0.29, 0.717) is 6.42 Å². The summed E-state index contributed by atoms with van der Waals surface area (Å²) < 4.78 is 5.14. The number of carbonyl (C=O) groups excluding carboxylic acids is 2. The van der Waals surface area contributed by atoms with Crippen molar-refractivity contribution in [2.75, 3.05) is 7.11 Å². The Morgan fingerprint density at radius 3 is 2.79 bits per heavy atom. The van der Waals surface area contributed by atoms with Gasteiger partial charge in [-0.1, -0.05) is 25.0 Å². The number of fused-ring (bicyclic) bond motifs is 3. The first-order chi connectivity index (χ1) is 9.09. The lowest BCUT2D eigenvalue weighted by atomic mass is 9.53. The molecule has 0 aromatic carbocycles. The van der Waals surface area contributed by atoms with Crippen LogP contribution in [0.15, 0.2) is 23.5 Å². The number of carbonyl (C=O) groups is 2. The highest BCUT2D eigenvalue weighted by Gasteiger charge is 2.56. The van der Waals surface area contributed by atoms with Crippen LogP contribution in [0.3, 0.4) is 0 Å². The van der Waals surface area contributed by atoms with Crippen molar-refractivity contribution in [1.29, 1.82) is 0 Å². The lowest BCUT2D eigenvalue weighted by Crippen LogP contribution is -2.51. The minimum atomic E-state index is -0.582. The van der Waals surface area contributed by atoms with E-state index >= 15 is 0 Å². The molecule has 3 rings (SSSR count). The van der Waals surface area contributed by atoms with Crippen LogP contribution in [0.25, 0.3) is 0 Å². The summed E-state index contributed by atoms with van der Waals surface area (Å²) in [5.74, 6) is 0.369. The van der Waals surface area contributed by atoms with E-state index in [-0.39, 0.29) is 29.2 Å². The molecule has 3 aliphatic carbocycles. The van der Waals surface area contributed by atoms with Gasteiger partial charge in [-0.05, 0) is 31.6 Å². The molecule has 0 amide bonds. The van der Waals surface area contributed by atoms with Gasteiger partial charge < -0.3 is 4.74 Å². The van der Waals surface area contributed by atoms with Crippen molar-refractivity contribution in [3.05, 3.63) is 23.5 Å². The lowest BCUT2D eigenvalue weighted by molar-refractivity contribution is -0.143. The van der Waals surface area contributed by atoms with Crippen molar-refractivity contribution in [3.63, 3.8) is 0 Å². The van der Waals surface area contributed by atoms with Crippen molar-refractivity contribution >= 4 is 11.6 Å². The van der Waals surface area contributed by atoms with Gasteiger partial charge in [0, 0.05) is 12.0 Å². The molecular formula is C16H20O3. The molecule has 0 N–H and O–H groups in total. The summed E-state index contributed by atoms with van der Waals surface area (Å²) in [5.41, 5.74) is 0.810. The highest BCUT2D eigenvalue weighted by atomic mass is 16.5. The highest BCUT2D eigenvalue weighted by molar-refractivity contribution is 6.12. The molecule has 3 nitrogen and oxygen atoms in total. The molecule has 0 heterocycles. The van der Waals surface area contributed by atoms with Gasteiger partial charge in [-0.25, -0.2) is 0 Å². The molecule has 0 aliphatic heterocycles. The number of rotatable bonds is 1. The molecule has 2 unspecified atom stereocenters. The van der Waals surface area contributed by atoms with Crippen molar-refractivity contribution in [3.8, 4) is 0 Å². The number of allylic oxidation sites excluding steroid dienone is 4. The van der Waals surface area contributed by atoms with Crippen LogP contribution in [0.1, 0.15) is 39.0 Å². The van der Waals surface area contributed by atoms with E-state index in [1.165, 1.54) is 25.2 Å². The molecule has 102 valence electrons. The van der Waals surface area contributed by atoms with Crippen molar-refractivity contribution < 1.29 is 14.3 Å². The van der Waals surface area contributed by atoms with Crippen LogP contribution in [0.4, 0.5) is 0 Å². The Morgan fingerprint density at radius 1 is 1.26 bits per heavy atom. The second-order valence-corrected chi connectivity index (χ2v) is 6.09. The third-order valence-corrected chi connectivity index (χ3v) is 5.27. The summed E-state index contributed by atoms with van der Waals surface area (Å²) in [6, 6.07) is 0. The molecular weight excluding hydrogens is 240 g/mol. The first-order valence-corrected chi connectivity index (χ1v) is 7.12. The number of ether oxygens (including phenoxy) is 1. The first-order valence-electron chi connectivity index (χ1n) is 7.12. The molecule has 19 heavy (non-hydrogen) atoms. The summed E-state index contributed by atoms with van der Waals surface area (Å²) >= 11 is 0. The summed E-state index contributed by atoms with van der Waals surface area (Å²) in [6.07, 6.45) is 8.79. The Labute approximate surface area is 113 Å². The summed E-state index contributed by atoms with van der Waals surface area (Å²) in [5, 5.41) is 0. The molecule has 0 spiro atoms. The summed E-state index contributed by atoms with van der Waals surface area (Å²) in [7, 11) is 1.47. The van der Waals surface area contributed by atoms with Crippen molar-refractivity contribution in [2.45, 2.75) is 39.0 Å². The minimum Gasteiger partial charge on any atom is -0.493 e. The standard InChI is InChI=1S/C16H20O3/c1-16-11-6-4-3-5-10(11)7-8-12(16)13(17)9-14(19-2)15(16)18/h7,9,11-12H,3-6,8H2,1-2H3/t11-,12?,16?/m1/s1. The monoisotopic (exact) mass is 260 g/mol. The van der Waals surface area contributed by atoms with Gasteiger partial charge in [-0.3, -0.25) is 9.59 Å². The topological polar surface area (TPSA) is 43.4 Å². The zero-order valence-electron chi connectivity index (χ0n) is 11.6. The van der Waals surface area contributed by atoms with Crippen LogP contribution in [-0.4, -0.2) is 18.7 Å². The van der Waals surface area contributed by atoms with E-state index in [1.54, 1.807) is 0 Å². The predicted molar refractivity (Wildman–Crippen MR) is 71.4 cm³/mol. The maximum absolute atomic E-state index is 12.7. The molecule has 3 aliphatic rings. The largest absolute Gasteiger partial charge is 0.493 e. The van der Waals surface area contributed by atoms with E-state index < -0.39 is 5.41 Å². The van der Waals surface area contributed by atoms with E-state index in [4.69, 9.17) is 4.74 Å². The number of ketones is 2. The number of hydrogen-bond acceptors (Lipinski definition) is 3. The molecule has 0 bridgehead atoms. The van der Waals surface area contributed by atoms with Gasteiger partial charge in [-0.15, -0.1) is 0 Å². The zero-order valence-corrected chi connectivity index (χ0v) is 11.6. The average molecular weight is 260 g/mol. The van der Waals surface area contributed by atoms with Crippen LogP contribution in [0.5, 0.6) is 0 Å². The van der Waals surface area contributed by atoms with Gasteiger partial charge in [0.15, 0.2) is 11.5 Å². The molecule has 0 aromatic rings. The first kappa shape index (κ1) is 12.6. The van der Waals surface area contributed by atoms with Gasteiger partial charge in [0.1, 0.15) is 0 Å². The molecule has 1 saturated carbocycles. The van der Waals surface area contributed by atoms with Gasteiger partial charge in [0.05, 0.1) is 12.5 Å². The Hall–Kier alpha value is -1.38. The smallest absolute Gasteiger partial charge is 0.204 e. The molecule has 1 fully saturated rings. The third-order valence-electron chi connectivity index (χ3n) is 5.27. The second kappa shape index (κ2) is 4.32. The number of hydrogen-bond donors (Lipinski definition) is 0. The maximum Gasteiger partial charge on any atom is 0.204 e. The molecule has 3 atom stereocenters. The SMILES string of the molecule is COC1=CC(=O)C2CC=C3CCCC[C@H]3C2(C)C1=O. The Bertz CT molecular complexity index is 500. The van der Waals surface area contributed by atoms with Gasteiger partial charge in [0.2, 0.25) is 5.78 Å². The Balaban J connectivity index is 2.09. The fourth-order valence-corrected chi connectivity index (χ4v) is 4.16. The normalized spacial score (nSPS) is 38.0. The second-order valence-electron chi connectivity index (χ2n) is 6.09. The quantitative estimate of drug-likeness (QED) is 0.681. The Morgan fingerprint density at radius 2 is 2.05 bits per heavy atom. The average Bonchev–Trinajstić information content (AvgIpc) is 2.43. The van der Waals surface area contributed by atoms with Crippen LogP contribution >= 0.6 is 0 Å². The van der Waals surface area contributed by atoms with Crippen molar-refractivity contribution in [1.82, 2.24) is 0 Å². The van der Waals surface area contributed by atoms with Gasteiger partial charge in [0.25, 0.3) is 0 Å². The number of Topliss-reactive ketones (excluding diaryl/α,β-unsaturated/α-hetero) is 1. The minimum absolute atomic E-state index is 0.0251. The van der Waals surface area contributed by atoms with Gasteiger partial charge >= 0.3 is 0 Å². The summed E-state index contributed by atoms with van der Waals surface area (Å²) in [4.78, 5) is 25.0. The maximum atomic E-state index is 12.7. The molecule has 0 aromatic heterocycles. The lowest BCUT2D eigenvalue weighted by Gasteiger charge is -2.48. The van der Waals surface area contributed by atoms with Crippen molar-refractivity contribution in [2.24, 2.45) is 17.3 Å². The van der Waals surface area contributed by atoms with Crippen LogP contribution in [-0.2, 0) is 14.3 Å². The third kappa shape index (κ3) is 1.63. The van der Waals surface area contributed by atoms with Crippen LogP contribution in [0, 0.1) is 17.3 Å². The molecule has 0 saturated heterocycles. The van der Waals surface area contributed by atoms with Gasteiger partial charge in [-0.2, -0.15) is 0 Å². The molecule has 0 radical (unpaired) electrons. The highest BCUT2D eigenvalue weighted by Crippen LogP contribution is 2.54. The fraction of sp³-hybridized carbons (Fsp3) is 0.625. The zero-order chi connectivity index (χ0) is 13.6.